The third kappa shape index (κ3) is 4.42. The molecule has 3 nitrogen and oxygen atoms in total. The average molecular weight is 383 g/mol. The van der Waals surface area contributed by atoms with Gasteiger partial charge in [-0.1, -0.05) is 63.2 Å². The summed E-state index contributed by atoms with van der Waals surface area (Å²) in [6, 6.07) is 19.0. The average Bonchev–Trinajstić information content (AvgIpc) is 3.03. The summed E-state index contributed by atoms with van der Waals surface area (Å²) in [6.45, 7) is 7.10. The molecule has 0 spiro atoms. The second-order valence-electron chi connectivity index (χ2n) is 8.58. The van der Waals surface area contributed by atoms with Gasteiger partial charge in [0, 0.05) is 6.61 Å². The van der Waals surface area contributed by atoms with Gasteiger partial charge < -0.3 is 14.6 Å². The Balaban J connectivity index is 1.78. The van der Waals surface area contributed by atoms with E-state index in [1.54, 1.807) is 7.11 Å². The van der Waals surface area contributed by atoms with Crippen LogP contribution in [0.2, 0.25) is 0 Å². The third-order valence-electron chi connectivity index (χ3n) is 6.54. The van der Waals surface area contributed by atoms with Crippen molar-refractivity contribution in [2.24, 2.45) is 11.8 Å². The number of aliphatic hydroxyl groups is 1. The van der Waals surface area contributed by atoms with Crippen LogP contribution in [0.1, 0.15) is 44.7 Å². The van der Waals surface area contributed by atoms with Crippen molar-refractivity contribution in [2.75, 3.05) is 13.7 Å². The number of aliphatic hydroxyl groups excluding tert-OH is 1. The van der Waals surface area contributed by atoms with Gasteiger partial charge in [-0.05, 0) is 59.8 Å². The van der Waals surface area contributed by atoms with Crippen molar-refractivity contribution in [1.29, 1.82) is 0 Å². The summed E-state index contributed by atoms with van der Waals surface area (Å²) in [5.41, 5.74) is 2.60. The maximum atomic E-state index is 9.63. The predicted octanol–water partition coefficient (Wildman–Crippen LogP) is 5.01. The van der Waals surface area contributed by atoms with Gasteiger partial charge in [0.15, 0.2) is 0 Å². The quantitative estimate of drug-likeness (QED) is 0.698. The summed E-state index contributed by atoms with van der Waals surface area (Å²) in [5.74, 6) is 1.66. The Morgan fingerprint density at radius 2 is 1.64 bits per heavy atom. The second kappa shape index (κ2) is 9.11. The van der Waals surface area contributed by atoms with Crippen LogP contribution in [0.15, 0.2) is 54.6 Å². The van der Waals surface area contributed by atoms with Gasteiger partial charge in [0.05, 0.1) is 19.3 Å². The smallest absolute Gasteiger partial charge is 0.118 e. The van der Waals surface area contributed by atoms with Crippen LogP contribution in [0, 0.1) is 11.8 Å². The van der Waals surface area contributed by atoms with Crippen molar-refractivity contribution in [2.45, 2.75) is 57.7 Å². The number of ether oxygens (including phenoxy) is 2. The largest absolute Gasteiger partial charge is 0.497 e. The van der Waals surface area contributed by atoms with Crippen molar-refractivity contribution < 1.29 is 14.6 Å². The highest BCUT2D eigenvalue weighted by molar-refractivity contribution is 5.33. The monoisotopic (exact) mass is 382 g/mol. The van der Waals surface area contributed by atoms with Gasteiger partial charge in [-0.15, -0.1) is 0 Å². The Hall–Kier alpha value is -1.84. The van der Waals surface area contributed by atoms with E-state index in [0.29, 0.717) is 18.3 Å². The topological polar surface area (TPSA) is 38.7 Å². The molecule has 0 aromatic heterocycles. The summed E-state index contributed by atoms with van der Waals surface area (Å²) in [4.78, 5) is 0. The molecule has 0 saturated carbocycles. The first-order chi connectivity index (χ1) is 13.5. The number of methoxy groups -OCH3 is 1. The van der Waals surface area contributed by atoms with Crippen molar-refractivity contribution >= 4 is 0 Å². The molecule has 1 aliphatic rings. The molecule has 0 unspecified atom stereocenters. The number of hydrogen-bond donors (Lipinski definition) is 1. The van der Waals surface area contributed by atoms with Gasteiger partial charge in [-0.2, -0.15) is 0 Å². The first kappa shape index (κ1) is 20.9. The highest BCUT2D eigenvalue weighted by Gasteiger charge is 2.48. The van der Waals surface area contributed by atoms with E-state index in [2.05, 4.69) is 63.2 Å². The van der Waals surface area contributed by atoms with Crippen LogP contribution in [-0.4, -0.2) is 31.0 Å². The molecular formula is C25H34O3. The summed E-state index contributed by atoms with van der Waals surface area (Å²) in [7, 11) is 1.70. The Morgan fingerprint density at radius 3 is 2.25 bits per heavy atom. The SMILES string of the molecule is COc1ccc(C(C)(C)[C@@H]2[C@@H](C)[C@@H](CCc3ccccc3)O[C@H]2CCO)cc1. The van der Waals surface area contributed by atoms with Gasteiger partial charge in [-0.25, -0.2) is 0 Å². The van der Waals surface area contributed by atoms with Crippen molar-refractivity contribution in [3.8, 4) is 5.75 Å². The highest BCUT2D eigenvalue weighted by Crippen LogP contribution is 2.47. The lowest BCUT2D eigenvalue weighted by Crippen LogP contribution is -2.38. The molecule has 0 bridgehead atoms. The fourth-order valence-corrected chi connectivity index (χ4v) is 5.00. The van der Waals surface area contributed by atoms with Crippen LogP contribution in [0.3, 0.4) is 0 Å². The highest BCUT2D eigenvalue weighted by atomic mass is 16.5. The molecule has 152 valence electrons. The fraction of sp³-hybridized carbons (Fsp3) is 0.520. The molecule has 1 N–H and O–H groups in total. The summed E-state index contributed by atoms with van der Waals surface area (Å²) in [6.07, 6.45) is 3.04. The van der Waals surface area contributed by atoms with Crippen LogP contribution in [0.25, 0.3) is 0 Å². The minimum Gasteiger partial charge on any atom is -0.497 e. The molecule has 0 radical (unpaired) electrons. The van der Waals surface area contributed by atoms with E-state index < -0.39 is 0 Å². The maximum absolute atomic E-state index is 9.63. The standard InChI is InChI=1S/C25H34O3/c1-18-22(15-10-19-8-6-5-7-9-19)28-23(16-17-26)24(18)25(2,3)20-11-13-21(27-4)14-12-20/h5-9,11-14,18,22-24,26H,10,15-17H2,1-4H3/t18-,22+,23-,24+/m0/s1. The molecule has 1 heterocycles. The molecular weight excluding hydrogens is 348 g/mol. The second-order valence-corrected chi connectivity index (χ2v) is 8.58. The zero-order chi connectivity index (χ0) is 20.1. The van der Waals surface area contributed by atoms with Crippen molar-refractivity contribution in [1.82, 2.24) is 0 Å². The molecule has 3 rings (SSSR count). The first-order valence-corrected chi connectivity index (χ1v) is 10.4. The van der Waals surface area contributed by atoms with Crippen LogP contribution in [0.4, 0.5) is 0 Å². The van der Waals surface area contributed by atoms with Gasteiger partial charge in [0.25, 0.3) is 0 Å². The van der Waals surface area contributed by atoms with Crippen molar-refractivity contribution in [3.63, 3.8) is 0 Å². The maximum Gasteiger partial charge on any atom is 0.118 e. The molecule has 2 aromatic carbocycles. The van der Waals surface area contributed by atoms with Gasteiger partial charge >= 0.3 is 0 Å². The minimum atomic E-state index is -0.0486. The normalized spacial score (nSPS) is 25.0. The molecule has 0 amide bonds. The molecule has 28 heavy (non-hydrogen) atoms. The summed E-state index contributed by atoms with van der Waals surface area (Å²) < 4.78 is 11.8. The molecule has 4 atom stereocenters. The number of aryl methyl sites for hydroxylation is 1. The molecule has 2 aromatic rings. The molecule has 0 aliphatic carbocycles. The Morgan fingerprint density at radius 1 is 0.964 bits per heavy atom. The van der Waals surface area contributed by atoms with E-state index in [1.165, 1.54) is 11.1 Å². The lowest BCUT2D eigenvalue weighted by atomic mass is 9.65. The molecule has 1 saturated heterocycles. The summed E-state index contributed by atoms with van der Waals surface area (Å²) >= 11 is 0. The first-order valence-electron chi connectivity index (χ1n) is 10.4. The Kier molecular flexibility index (Phi) is 6.79. The van der Waals surface area contributed by atoms with E-state index >= 15 is 0 Å². The van der Waals surface area contributed by atoms with Gasteiger partial charge in [0.1, 0.15) is 5.75 Å². The lowest BCUT2D eigenvalue weighted by Gasteiger charge is -2.38. The predicted molar refractivity (Wildman–Crippen MR) is 114 cm³/mol. The molecule has 1 fully saturated rings. The van der Waals surface area contributed by atoms with Crippen LogP contribution in [-0.2, 0) is 16.6 Å². The van der Waals surface area contributed by atoms with Crippen LogP contribution < -0.4 is 4.74 Å². The Bertz CT molecular complexity index is 723. The van der Waals surface area contributed by atoms with E-state index in [4.69, 9.17) is 9.47 Å². The van der Waals surface area contributed by atoms with Gasteiger partial charge in [0.2, 0.25) is 0 Å². The van der Waals surface area contributed by atoms with Gasteiger partial charge in [-0.3, -0.25) is 0 Å². The van der Waals surface area contributed by atoms with E-state index in [-0.39, 0.29) is 24.2 Å². The molecule has 1 aliphatic heterocycles. The Labute approximate surface area is 169 Å². The zero-order valence-corrected chi connectivity index (χ0v) is 17.6. The number of hydrogen-bond acceptors (Lipinski definition) is 3. The fourth-order valence-electron chi connectivity index (χ4n) is 5.00. The minimum absolute atomic E-state index is 0.0486. The van der Waals surface area contributed by atoms with Crippen LogP contribution in [0.5, 0.6) is 5.75 Å². The van der Waals surface area contributed by atoms with Crippen LogP contribution >= 0.6 is 0 Å². The summed E-state index contributed by atoms with van der Waals surface area (Å²) in [5, 5.41) is 9.63. The lowest BCUT2D eigenvalue weighted by molar-refractivity contribution is 0.00629. The molecule has 3 heteroatoms. The van der Waals surface area contributed by atoms with E-state index in [0.717, 1.165) is 18.6 Å². The van der Waals surface area contributed by atoms with E-state index in [9.17, 15) is 5.11 Å². The number of benzene rings is 2. The number of rotatable bonds is 8. The van der Waals surface area contributed by atoms with Crippen molar-refractivity contribution in [3.05, 3.63) is 65.7 Å². The third-order valence-corrected chi connectivity index (χ3v) is 6.54. The zero-order valence-electron chi connectivity index (χ0n) is 17.6. The van der Waals surface area contributed by atoms with E-state index in [1.807, 2.05) is 12.1 Å².